The van der Waals surface area contributed by atoms with Crippen LogP contribution in [0.4, 0.5) is 0 Å². The third-order valence-corrected chi connectivity index (χ3v) is 6.44. The molecular formula is C26H28O6S. The topological polar surface area (TPSA) is 82.1 Å². The monoisotopic (exact) mass is 468 g/mol. The minimum Gasteiger partial charge on any atom is -0.467 e. The van der Waals surface area contributed by atoms with E-state index in [1.807, 2.05) is 66.7 Å². The third kappa shape index (κ3) is 7.61. The van der Waals surface area contributed by atoms with Crippen LogP contribution in [0.3, 0.4) is 0 Å². The van der Waals surface area contributed by atoms with Gasteiger partial charge < -0.3 is 19.3 Å². The van der Waals surface area contributed by atoms with Crippen LogP contribution in [0.1, 0.15) is 11.1 Å². The van der Waals surface area contributed by atoms with Crippen molar-refractivity contribution < 1.29 is 28.3 Å². The molecule has 6 nitrogen and oxygen atoms in total. The normalized spacial score (nSPS) is 14.7. The molecule has 7 heteroatoms. The molecule has 0 saturated heterocycles. The molecule has 0 fully saturated rings. The molecule has 1 N–H and O–H groups in total. The number of rotatable bonds is 12. The summed E-state index contributed by atoms with van der Waals surface area (Å²) in [5, 5.41) is 11.0. The molecule has 0 heterocycles. The van der Waals surface area contributed by atoms with Crippen molar-refractivity contribution in [2.75, 3.05) is 12.9 Å². The predicted octanol–water partition coefficient (Wildman–Crippen LogP) is 3.50. The van der Waals surface area contributed by atoms with Gasteiger partial charge >= 0.3 is 5.97 Å². The first-order valence-electron chi connectivity index (χ1n) is 10.6. The van der Waals surface area contributed by atoms with E-state index in [2.05, 4.69) is 0 Å². The van der Waals surface area contributed by atoms with Crippen LogP contribution in [0.5, 0.6) is 0 Å². The van der Waals surface area contributed by atoms with Crippen molar-refractivity contribution in [2.45, 2.75) is 36.4 Å². The van der Waals surface area contributed by atoms with E-state index in [0.29, 0.717) is 4.90 Å². The predicted molar refractivity (Wildman–Crippen MR) is 126 cm³/mol. The Labute approximate surface area is 196 Å². The lowest BCUT2D eigenvalue weighted by atomic mass is 10.1. The summed E-state index contributed by atoms with van der Waals surface area (Å²) in [5.41, 5.74) is 1.72. The van der Waals surface area contributed by atoms with Crippen LogP contribution in [0.2, 0.25) is 0 Å². The zero-order chi connectivity index (χ0) is 23.5. The molecule has 0 amide bonds. The van der Waals surface area contributed by atoms with Crippen molar-refractivity contribution >= 4 is 16.8 Å². The Bertz CT molecular complexity index is 997. The minimum absolute atomic E-state index is 0.119. The highest BCUT2D eigenvalue weighted by Crippen LogP contribution is 2.19. The Morgan fingerprint density at radius 3 is 1.82 bits per heavy atom. The van der Waals surface area contributed by atoms with Crippen molar-refractivity contribution in [3.8, 4) is 0 Å². The number of benzene rings is 3. The van der Waals surface area contributed by atoms with Crippen LogP contribution < -0.4 is 0 Å². The van der Waals surface area contributed by atoms with Crippen LogP contribution in [0.25, 0.3) is 0 Å². The van der Waals surface area contributed by atoms with Crippen molar-refractivity contribution in [3.05, 3.63) is 102 Å². The molecule has 0 aliphatic heterocycles. The van der Waals surface area contributed by atoms with E-state index in [-0.39, 0.29) is 19.0 Å². The van der Waals surface area contributed by atoms with Gasteiger partial charge in [-0.3, -0.25) is 4.21 Å². The smallest absolute Gasteiger partial charge is 0.337 e. The van der Waals surface area contributed by atoms with E-state index in [4.69, 9.17) is 14.2 Å². The van der Waals surface area contributed by atoms with Crippen LogP contribution in [0.15, 0.2) is 95.9 Å². The molecule has 3 aromatic carbocycles. The molecule has 0 radical (unpaired) electrons. The van der Waals surface area contributed by atoms with E-state index in [1.165, 1.54) is 7.11 Å². The summed E-state index contributed by atoms with van der Waals surface area (Å²) < 4.78 is 29.6. The Kier molecular flexibility index (Phi) is 9.77. The molecular weight excluding hydrogens is 440 g/mol. The second kappa shape index (κ2) is 13.0. The number of ether oxygens (including phenoxy) is 3. The zero-order valence-corrected chi connectivity index (χ0v) is 19.2. The van der Waals surface area contributed by atoms with Gasteiger partial charge in [0.25, 0.3) is 0 Å². The van der Waals surface area contributed by atoms with E-state index in [0.717, 1.165) is 11.1 Å². The lowest BCUT2D eigenvalue weighted by molar-refractivity contribution is -0.177. The van der Waals surface area contributed by atoms with Crippen LogP contribution in [0, 0.1) is 0 Å². The highest BCUT2D eigenvalue weighted by molar-refractivity contribution is 7.85. The molecule has 0 bridgehead atoms. The minimum atomic E-state index is -1.49. The highest BCUT2D eigenvalue weighted by Gasteiger charge is 2.37. The molecule has 4 atom stereocenters. The molecule has 0 saturated carbocycles. The van der Waals surface area contributed by atoms with E-state index in [9.17, 15) is 14.1 Å². The first-order valence-corrected chi connectivity index (χ1v) is 11.9. The number of methoxy groups -OCH3 is 1. The maximum absolute atomic E-state index is 12.8. The number of hydrogen-bond acceptors (Lipinski definition) is 6. The fourth-order valence-electron chi connectivity index (χ4n) is 3.26. The summed E-state index contributed by atoms with van der Waals surface area (Å²) in [6.07, 6.45) is -3.54. The number of carbonyl (C=O) groups is 1. The Morgan fingerprint density at radius 2 is 1.30 bits per heavy atom. The van der Waals surface area contributed by atoms with Gasteiger partial charge in [0.05, 0.1) is 43.0 Å². The Balaban J connectivity index is 1.79. The molecule has 3 aromatic rings. The van der Waals surface area contributed by atoms with Gasteiger partial charge in [-0.15, -0.1) is 0 Å². The SMILES string of the molecule is COC(=O)[C@@H](OCc1ccccc1)[C@H](OCc1ccccc1)[C@@H](O)CS(=O)c1ccccc1. The third-order valence-electron chi connectivity index (χ3n) is 5.00. The van der Waals surface area contributed by atoms with Gasteiger partial charge in [-0.1, -0.05) is 78.9 Å². The Hall–Kier alpha value is -2.84. The second-order valence-corrected chi connectivity index (χ2v) is 8.89. The first kappa shape index (κ1) is 24.8. The van der Waals surface area contributed by atoms with Crippen LogP contribution in [-0.2, 0) is 43.0 Å². The van der Waals surface area contributed by atoms with Gasteiger partial charge in [0, 0.05) is 4.90 Å². The average molecular weight is 469 g/mol. The number of aliphatic hydroxyl groups is 1. The van der Waals surface area contributed by atoms with Gasteiger partial charge in [-0.05, 0) is 23.3 Å². The summed E-state index contributed by atoms with van der Waals surface area (Å²) in [6.45, 7) is 0.267. The standard InChI is InChI=1S/C26H28O6S/c1-30-26(28)25(32-18-21-13-7-3-8-14-21)24(31-17-20-11-5-2-6-12-20)23(27)19-33(29)22-15-9-4-10-16-22/h2-16,23-25,27H,17-19H2,1H3/t23-,24+,25-,33?/m0/s1. The van der Waals surface area contributed by atoms with Gasteiger partial charge in [-0.25, -0.2) is 4.79 Å². The van der Waals surface area contributed by atoms with Crippen LogP contribution in [-0.4, -0.2) is 46.5 Å². The molecule has 0 aliphatic rings. The molecule has 174 valence electrons. The largest absolute Gasteiger partial charge is 0.467 e. The number of esters is 1. The summed E-state index contributed by atoms with van der Waals surface area (Å²) >= 11 is 0. The van der Waals surface area contributed by atoms with Crippen LogP contribution >= 0.6 is 0 Å². The molecule has 0 aliphatic carbocycles. The lowest BCUT2D eigenvalue weighted by Gasteiger charge is -2.29. The highest BCUT2D eigenvalue weighted by atomic mass is 32.2. The molecule has 1 unspecified atom stereocenters. The Morgan fingerprint density at radius 1 is 0.818 bits per heavy atom. The van der Waals surface area contributed by atoms with Gasteiger partial charge in [0.2, 0.25) is 0 Å². The van der Waals surface area contributed by atoms with E-state index in [1.54, 1.807) is 24.3 Å². The van der Waals surface area contributed by atoms with Gasteiger partial charge in [-0.2, -0.15) is 0 Å². The summed E-state index contributed by atoms with van der Waals surface area (Å²) in [4.78, 5) is 13.2. The fourth-order valence-corrected chi connectivity index (χ4v) is 4.41. The zero-order valence-electron chi connectivity index (χ0n) is 18.4. The molecule has 3 rings (SSSR count). The quantitative estimate of drug-likeness (QED) is 0.410. The average Bonchev–Trinajstić information content (AvgIpc) is 2.87. The van der Waals surface area contributed by atoms with Gasteiger partial charge in [0.1, 0.15) is 6.10 Å². The van der Waals surface area contributed by atoms with Crippen molar-refractivity contribution in [1.82, 2.24) is 0 Å². The number of hydrogen-bond donors (Lipinski definition) is 1. The molecule has 0 aromatic heterocycles. The van der Waals surface area contributed by atoms with Crippen molar-refractivity contribution in [1.29, 1.82) is 0 Å². The van der Waals surface area contributed by atoms with E-state index < -0.39 is 35.1 Å². The molecule has 0 spiro atoms. The first-order chi connectivity index (χ1) is 16.1. The number of aliphatic hydroxyl groups excluding tert-OH is 1. The summed E-state index contributed by atoms with van der Waals surface area (Å²) in [5.74, 6) is -0.792. The second-order valence-electron chi connectivity index (χ2n) is 7.39. The van der Waals surface area contributed by atoms with Crippen molar-refractivity contribution in [2.24, 2.45) is 0 Å². The maximum Gasteiger partial charge on any atom is 0.337 e. The van der Waals surface area contributed by atoms with Gasteiger partial charge in [0.15, 0.2) is 6.10 Å². The maximum atomic E-state index is 12.8. The van der Waals surface area contributed by atoms with Crippen molar-refractivity contribution in [3.63, 3.8) is 0 Å². The molecule has 33 heavy (non-hydrogen) atoms. The summed E-state index contributed by atoms with van der Waals surface area (Å²) in [6, 6.07) is 27.6. The fraction of sp³-hybridized carbons (Fsp3) is 0.269. The number of carbonyl (C=O) groups excluding carboxylic acids is 1. The lowest BCUT2D eigenvalue weighted by Crippen LogP contribution is -2.48. The van der Waals surface area contributed by atoms with E-state index >= 15 is 0 Å². The summed E-state index contributed by atoms with van der Waals surface area (Å²) in [7, 11) is -0.238.